The number of benzene rings is 1. The normalized spacial score (nSPS) is 11.4. The van der Waals surface area contributed by atoms with Gasteiger partial charge in [0.15, 0.2) is 0 Å². The van der Waals surface area contributed by atoms with E-state index in [0.717, 1.165) is 37.8 Å². The molecule has 8 heteroatoms. The number of halogens is 3. The molecular weight excluding hydrogens is 359 g/mol. The van der Waals surface area contributed by atoms with Crippen LogP contribution in [0.15, 0.2) is 17.0 Å². The van der Waals surface area contributed by atoms with Gasteiger partial charge < -0.3 is 4.74 Å². The molecule has 0 aliphatic rings. The lowest BCUT2D eigenvalue weighted by Crippen LogP contribution is -2.08. The third-order valence-corrected chi connectivity index (χ3v) is 4.83. The predicted octanol–water partition coefficient (Wildman–Crippen LogP) is 4.66. The van der Waals surface area contributed by atoms with Crippen LogP contribution >= 0.6 is 33.9 Å². The molecule has 0 unspecified atom stereocenters. The van der Waals surface area contributed by atoms with Crippen molar-refractivity contribution >= 4 is 48.9 Å². The smallest absolute Gasteiger partial charge is 0.339 e. The first-order valence-corrected chi connectivity index (χ1v) is 9.44. The lowest BCUT2D eigenvalue weighted by molar-refractivity contribution is 0.0497. The van der Waals surface area contributed by atoms with Gasteiger partial charge in [0.25, 0.3) is 9.05 Å². The molecule has 0 atom stereocenters. The van der Waals surface area contributed by atoms with Crippen LogP contribution in [-0.4, -0.2) is 21.0 Å². The molecule has 21 heavy (non-hydrogen) atoms. The number of hydrogen-bond donors (Lipinski definition) is 0. The van der Waals surface area contributed by atoms with Crippen molar-refractivity contribution in [3.8, 4) is 0 Å². The van der Waals surface area contributed by atoms with Crippen LogP contribution in [-0.2, 0) is 13.8 Å². The van der Waals surface area contributed by atoms with Crippen LogP contribution in [0.4, 0.5) is 0 Å². The van der Waals surface area contributed by atoms with Gasteiger partial charge in [0.1, 0.15) is 4.90 Å². The van der Waals surface area contributed by atoms with Crippen LogP contribution in [0.1, 0.15) is 43.0 Å². The Morgan fingerprint density at radius 2 is 1.81 bits per heavy atom. The van der Waals surface area contributed by atoms with Crippen LogP contribution in [0.3, 0.4) is 0 Å². The Morgan fingerprint density at radius 3 is 2.38 bits per heavy atom. The molecule has 0 saturated carbocycles. The van der Waals surface area contributed by atoms with Crippen molar-refractivity contribution in [1.29, 1.82) is 0 Å². The molecule has 0 aliphatic heterocycles. The molecular formula is C13H15Cl3O4S. The highest BCUT2D eigenvalue weighted by Gasteiger charge is 2.21. The van der Waals surface area contributed by atoms with Crippen LogP contribution in [0.25, 0.3) is 0 Å². The van der Waals surface area contributed by atoms with Gasteiger partial charge in [0, 0.05) is 10.7 Å². The zero-order valence-electron chi connectivity index (χ0n) is 11.4. The predicted molar refractivity (Wildman–Crippen MR) is 83.9 cm³/mol. The van der Waals surface area contributed by atoms with E-state index >= 15 is 0 Å². The highest BCUT2D eigenvalue weighted by molar-refractivity contribution is 8.13. The van der Waals surface area contributed by atoms with Gasteiger partial charge in [-0.2, -0.15) is 0 Å². The van der Waals surface area contributed by atoms with Gasteiger partial charge in [-0.15, -0.1) is 0 Å². The molecule has 4 nitrogen and oxygen atoms in total. The molecule has 0 saturated heterocycles. The molecule has 0 aliphatic carbocycles. The number of carbonyl (C=O) groups excluding carboxylic acids is 1. The minimum Gasteiger partial charge on any atom is -0.462 e. The second kappa shape index (κ2) is 8.22. The zero-order valence-corrected chi connectivity index (χ0v) is 14.4. The first-order chi connectivity index (χ1) is 9.77. The molecule has 0 spiro atoms. The Hall–Kier alpha value is -0.490. The van der Waals surface area contributed by atoms with E-state index in [2.05, 4.69) is 6.92 Å². The number of hydrogen-bond acceptors (Lipinski definition) is 4. The Balaban J connectivity index is 2.85. The Labute approximate surface area is 138 Å². The Bertz CT molecular complexity index is 614. The summed E-state index contributed by atoms with van der Waals surface area (Å²) < 4.78 is 27.8. The fraction of sp³-hybridized carbons (Fsp3) is 0.462. The summed E-state index contributed by atoms with van der Waals surface area (Å²) in [5.41, 5.74) is -0.0733. The van der Waals surface area contributed by atoms with E-state index in [-0.39, 0.29) is 27.1 Å². The number of carbonyl (C=O) groups is 1. The summed E-state index contributed by atoms with van der Waals surface area (Å²) in [6, 6.07) is 2.19. The summed E-state index contributed by atoms with van der Waals surface area (Å²) in [5.74, 6) is -0.699. The van der Waals surface area contributed by atoms with Crippen molar-refractivity contribution in [2.24, 2.45) is 0 Å². The molecule has 1 aromatic rings. The fourth-order valence-corrected chi connectivity index (χ4v) is 3.46. The first-order valence-electron chi connectivity index (χ1n) is 6.38. The second-order valence-corrected chi connectivity index (χ2v) is 7.75. The van der Waals surface area contributed by atoms with Crippen LogP contribution in [0.2, 0.25) is 10.0 Å². The minimum atomic E-state index is -4.06. The average molecular weight is 374 g/mol. The Kier molecular flexibility index (Phi) is 7.27. The fourth-order valence-electron chi connectivity index (χ4n) is 1.64. The van der Waals surface area contributed by atoms with Crippen LogP contribution in [0, 0.1) is 0 Å². The molecule has 0 N–H and O–H groups in total. The van der Waals surface area contributed by atoms with Crippen molar-refractivity contribution in [2.45, 2.75) is 37.5 Å². The van der Waals surface area contributed by atoms with Gasteiger partial charge in [-0.1, -0.05) is 49.4 Å². The van der Waals surface area contributed by atoms with Gasteiger partial charge in [0.05, 0.1) is 22.2 Å². The van der Waals surface area contributed by atoms with Gasteiger partial charge in [0.2, 0.25) is 0 Å². The van der Waals surface area contributed by atoms with E-state index in [1.807, 2.05) is 0 Å². The Morgan fingerprint density at radius 1 is 1.14 bits per heavy atom. The van der Waals surface area contributed by atoms with Gasteiger partial charge >= 0.3 is 5.97 Å². The maximum absolute atomic E-state index is 11.9. The quantitative estimate of drug-likeness (QED) is 0.396. The summed E-state index contributed by atoms with van der Waals surface area (Å²) in [4.78, 5) is 11.5. The summed E-state index contributed by atoms with van der Waals surface area (Å²) >= 11 is 11.6. The monoisotopic (exact) mass is 372 g/mol. The lowest BCUT2D eigenvalue weighted by atomic mass is 10.2. The number of esters is 1. The van der Waals surface area contributed by atoms with Crippen molar-refractivity contribution in [2.75, 3.05) is 6.61 Å². The van der Waals surface area contributed by atoms with Gasteiger partial charge in [-0.05, 0) is 18.6 Å². The molecule has 1 rings (SSSR count). The van der Waals surface area contributed by atoms with E-state index in [1.165, 1.54) is 0 Å². The van der Waals surface area contributed by atoms with Crippen molar-refractivity contribution in [3.63, 3.8) is 0 Å². The summed E-state index contributed by atoms with van der Waals surface area (Å²) in [7, 11) is 1.18. The topological polar surface area (TPSA) is 60.4 Å². The van der Waals surface area contributed by atoms with E-state index in [0.29, 0.717) is 0 Å². The molecule has 0 radical (unpaired) electrons. The van der Waals surface area contributed by atoms with E-state index in [9.17, 15) is 13.2 Å². The summed E-state index contributed by atoms with van der Waals surface area (Å²) in [5, 5.41) is -0.128. The minimum absolute atomic E-state index is 0.0163. The molecule has 0 amide bonds. The second-order valence-electron chi connectivity index (χ2n) is 4.40. The molecule has 0 fully saturated rings. The van der Waals surface area contributed by atoms with Crippen LogP contribution in [0.5, 0.6) is 0 Å². The first kappa shape index (κ1) is 18.6. The standard InChI is InChI=1S/C13H15Cl3O4S/c1-2-3-4-5-6-20-13(17)9-7-12(21(16,18)19)11(15)8-10(9)14/h7-8H,2-6H2,1H3. The maximum atomic E-state index is 11.9. The third-order valence-electron chi connectivity index (χ3n) is 2.74. The van der Waals surface area contributed by atoms with Gasteiger partial charge in [-0.3, -0.25) is 0 Å². The average Bonchev–Trinajstić information content (AvgIpc) is 2.36. The molecule has 0 bridgehead atoms. The lowest BCUT2D eigenvalue weighted by Gasteiger charge is -2.08. The van der Waals surface area contributed by atoms with Crippen molar-refractivity contribution < 1.29 is 17.9 Å². The van der Waals surface area contributed by atoms with E-state index < -0.39 is 15.0 Å². The largest absolute Gasteiger partial charge is 0.462 e. The molecule has 0 aromatic heterocycles. The van der Waals surface area contributed by atoms with E-state index in [1.54, 1.807) is 0 Å². The third kappa shape index (κ3) is 5.66. The zero-order chi connectivity index (χ0) is 16.0. The molecule has 0 heterocycles. The molecule has 118 valence electrons. The summed E-state index contributed by atoms with van der Waals surface area (Å²) in [6.07, 6.45) is 3.84. The number of ether oxygens (including phenoxy) is 1. The number of rotatable bonds is 7. The SMILES string of the molecule is CCCCCCOC(=O)c1cc(S(=O)(=O)Cl)c(Cl)cc1Cl. The van der Waals surface area contributed by atoms with Crippen molar-refractivity contribution in [1.82, 2.24) is 0 Å². The highest BCUT2D eigenvalue weighted by Crippen LogP contribution is 2.31. The number of unbranched alkanes of at least 4 members (excludes halogenated alkanes) is 3. The van der Waals surface area contributed by atoms with Gasteiger partial charge in [-0.25, -0.2) is 13.2 Å². The van der Waals surface area contributed by atoms with Crippen LogP contribution < -0.4 is 0 Å². The highest BCUT2D eigenvalue weighted by atomic mass is 35.7. The maximum Gasteiger partial charge on any atom is 0.339 e. The van der Waals surface area contributed by atoms with Crippen molar-refractivity contribution in [3.05, 3.63) is 27.7 Å². The molecule has 1 aromatic carbocycles. The van der Waals surface area contributed by atoms with E-state index in [4.69, 9.17) is 38.6 Å². The summed E-state index contributed by atoms with van der Waals surface area (Å²) in [6.45, 7) is 2.33.